The summed E-state index contributed by atoms with van der Waals surface area (Å²) in [4.78, 5) is 11.3. The zero-order valence-corrected chi connectivity index (χ0v) is 8.54. The molecule has 0 unspecified atom stereocenters. The normalized spacial score (nSPS) is 10.2. The lowest BCUT2D eigenvalue weighted by Crippen LogP contribution is -2.13. The fraction of sp³-hybridized carbons (Fsp3) is 0.300. The zero-order chi connectivity index (χ0) is 11.4. The van der Waals surface area contributed by atoms with Crippen molar-refractivity contribution in [3.8, 4) is 5.75 Å². The minimum absolute atomic E-state index is 0.150. The maximum absolute atomic E-state index is 12.0. The second-order valence-corrected chi connectivity index (χ2v) is 3.43. The van der Waals surface area contributed by atoms with Crippen molar-refractivity contribution < 1.29 is 13.3 Å². The van der Waals surface area contributed by atoms with Crippen LogP contribution < -0.4 is 10.1 Å². The summed E-state index contributed by atoms with van der Waals surface area (Å²) in [6, 6.07) is 5.82. The summed E-state index contributed by atoms with van der Waals surface area (Å²) in [5.74, 6) is -0.157. The SMILES string of the molecule is CC(C)c1cccc(=O)c(OB(F)F)c1. The van der Waals surface area contributed by atoms with E-state index in [1.54, 1.807) is 6.07 Å². The van der Waals surface area contributed by atoms with Crippen LogP contribution in [0.5, 0.6) is 5.75 Å². The van der Waals surface area contributed by atoms with Crippen molar-refractivity contribution in [3.63, 3.8) is 0 Å². The van der Waals surface area contributed by atoms with Gasteiger partial charge in [-0.1, -0.05) is 26.0 Å². The Hall–Kier alpha value is -1.39. The fourth-order valence-corrected chi connectivity index (χ4v) is 1.15. The van der Waals surface area contributed by atoms with Crippen molar-refractivity contribution >= 4 is 7.47 Å². The monoisotopic (exact) mass is 212 g/mol. The number of halogens is 2. The Morgan fingerprint density at radius 1 is 1.33 bits per heavy atom. The number of hydrogen-bond donors (Lipinski definition) is 0. The fourth-order valence-electron chi connectivity index (χ4n) is 1.15. The highest BCUT2D eigenvalue weighted by molar-refractivity contribution is 6.35. The summed E-state index contributed by atoms with van der Waals surface area (Å²) in [7, 11) is -2.97. The lowest BCUT2D eigenvalue weighted by Gasteiger charge is -2.03. The Bertz CT molecular complexity index is 394. The van der Waals surface area contributed by atoms with Gasteiger partial charge in [0.1, 0.15) is 0 Å². The smallest absolute Gasteiger partial charge is 0.502 e. The van der Waals surface area contributed by atoms with Gasteiger partial charge in [-0.3, -0.25) is 4.79 Å². The zero-order valence-electron chi connectivity index (χ0n) is 8.54. The summed E-state index contributed by atoms with van der Waals surface area (Å²) in [6.07, 6.45) is 0. The molecule has 0 aliphatic heterocycles. The third-order valence-corrected chi connectivity index (χ3v) is 1.96. The van der Waals surface area contributed by atoms with Crippen LogP contribution in [0.4, 0.5) is 8.63 Å². The van der Waals surface area contributed by atoms with Crippen molar-refractivity contribution in [2.75, 3.05) is 0 Å². The molecule has 0 aliphatic rings. The van der Waals surface area contributed by atoms with Gasteiger partial charge in [0.05, 0.1) is 0 Å². The second-order valence-electron chi connectivity index (χ2n) is 3.43. The molecule has 0 aromatic heterocycles. The Labute approximate surface area is 87.1 Å². The van der Waals surface area contributed by atoms with Crippen LogP contribution in [0.2, 0.25) is 0 Å². The average Bonchev–Trinajstić information content (AvgIpc) is 2.28. The van der Waals surface area contributed by atoms with Gasteiger partial charge in [-0.25, -0.2) is 8.63 Å². The van der Waals surface area contributed by atoms with Gasteiger partial charge < -0.3 is 4.65 Å². The number of hydrogen-bond acceptors (Lipinski definition) is 2. The van der Waals surface area contributed by atoms with Crippen LogP contribution >= 0.6 is 0 Å². The first-order valence-corrected chi connectivity index (χ1v) is 4.60. The molecule has 0 saturated heterocycles. The first-order valence-electron chi connectivity index (χ1n) is 4.60. The predicted octanol–water partition coefficient (Wildman–Crippen LogP) is 2.47. The van der Waals surface area contributed by atoms with Crippen LogP contribution in [0.1, 0.15) is 25.3 Å². The molecule has 0 atom stereocenters. The molecule has 0 aliphatic carbocycles. The summed E-state index contributed by atoms with van der Waals surface area (Å²) in [6.45, 7) is 3.82. The third kappa shape index (κ3) is 3.34. The maximum atomic E-state index is 12.0. The molecule has 1 aromatic rings. The molecule has 0 heterocycles. The lowest BCUT2D eigenvalue weighted by atomic mass is 10.1. The van der Waals surface area contributed by atoms with Crippen molar-refractivity contribution in [2.45, 2.75) is 19.8 Å². The Morgan fingerprint density at radius 2 is 2.00 bits per heavy atom. The molecule has 5 heteroatoms. The van der Waals surface area contributed by atoms with Crippen LogP contribution in [0.3, 0.4) is 0 Å². The lowest BCUT2D eigenvalue weighted by molar-refractivity contribution is 0.423. The largest absolute Gasteiger partial charge is 0.796 e. The number of rotatable bonds is 3. The highest BCUT2D eigenvalue weighted by Gasteiger charge is 2.19. The quantitative estimate of drug-likeness (QED) is 0.719. The van der Waals surface area contributed by atoms with Gasteiger partial charge in [0.15, 0.2) is 5.75 Å². The molecule has 2 nitrogen and oxygen atoms in total. The molecule has 0 N–H and O–H groups in total. The van der Waals surface area contributed by atoms with Gasteiger partial charge in [0.25, 0.3) is 0 Å². The van der Waals surface area contributed by atoms with Gasteiger partial charge in [-0.15, -0.1) is 0 Å². The van der Waals surface area contributed by atoms with E-state index in [1.807, 2.05) is 13.8 Å². The molecule has 1 rings (SSSR count). The van der Waals surface area contributed by atoms with E-state index >= 15 is 0 Å². The molecule has 0 fully saturated rings. The van der Waals surface area contributed by atoms with Crippen molar-refractivity contribution in [2.24, 2.45) is 0 Å². The van der Waals surface area contributed by atoms with E-state index in [-0.39, 0.29) is 11.7 Å². The molecule has 15 heavy (non-hydrogen) atoms. The van der Waals surface area contributed by atoms with Gasteiger partial charge >= 0.3 is 7.47 Å². The van der Waals surface area contributed by atoms with Crippen LogP contribution in [-0.4, -0.2) is 7.47 Å². The van der Waals surface area contributed by atoms with Gasteiger partial charge in [0.2, 0.25) is 5.43 Å². The molecule has 0 radical (unpaired) electrons. The van der Waals surface area contributed by atoms with E-state index in [9.17, 15) is 13.4 Å². The summed E-state index contributed by atoms with van der Waals surface area (Å²) < 4.78 is 28.1. The van der Waals surface area contributed by atoms with Crippen molar-refractivity contribution in [3.05, 3.63) is 40.1 Å². The highest BCUT2D eigenvalue weighted by Crippen LogP contribution is 2.16. The molecular formula is C10H11BF2O2. The predicted molar refractivity (Wildman–Crippen MR) is 55.4 cm³/mol. The molecule has 0 amide bonds. The van der Waals surface area contributed by atoms with Crippen LogP contribution in [-0.2, 0) is 0 Å². The molecule has 0 spiro atoms. The van der Waals surface area contributed by atoms with Crippen LogP contribution in [0.25, 0.3) is 0 Å². The standard InChI is InChI=1S/C10H11BF2O2/c1-7(2)8-4-3-5-9(14)10(6-8)15-11(12)13/h3-7H,1-2H3. The minimum atomic E-state index is -2.97. The van der Waals surface area contributed by atoms with Gasteiger partial charge in [-0.2, -0.15) is 0 Å². The van der Waals surface area contributed by atoms with E-state index in [4.69, 9.17) is 0 Å². The average molecular weight is 212 g/mol. The van der Waals surface area contributed by atoms with Crippen molar-refractivity contribution in [1.29, 1.82) is 0 Å². The van der Waals surface area contributed by atoms with Gasteiger partial charge in [-0.05, 0) is 23.6 Å². The van der Waals surface area contributed by atoms with Crippen molar-refractivity contribution in [1.82, 2.24) is 0 Å². The summed E-state index contributed by atoms with van der Waals surface area (Å²) in [5.41, 5.74) is 0.245. The van der Waals surface area contributed by atoms with E-state index in [1.165, 1.54) is 18.2 Å². The van der Waals surface area contributed by atoms with Gasteiger partial charge in [0, 0.05) is 0 Å². The van der Waals surface area contributed by atoms with Crippen LogP contribution in [0.15, 0.2) is 29.1 Å². The van der Waals surface area contributed by atoms with E-state index in [2.05, 4.69) is 4.65 Å². The highest BCUT2D eigenvalue weighted by atomic mass is 19.2. The molecule has 80 valence electrons. The molecule has 1 aromatic carbocycles. The van der Waals surface area contributed by atoms with Crippen LogP contribution in [0, 0.1) is 0 Å². The topological polar surface area (TPSA) is 26.3 Å². The Balaban J connectivity index is 3.19. The molecule has 0 bridgehead atoms. The third-order valence-electron chi connectivity index (χ3n) is 1.96. The molecule has 0 saturated carbocycles. The van der Waals surface area contributed by atoms with E-state index in [0.29, 0.717) is 0 Å². The summed E-state index contributed by atoms with van der Waals surface area (Å²) in [5, 5.41) is 0. The second kappa shape index (κ2) is 4.91. The maximum Gasteiger partial charge on any atom is 0.796 e. The Kier molecular flexibility index (Phi) is 3.83. The first kappa shape index (κ1) is 11.7. The molecular weight excluding hydrogens is 201 g/mol. The summed E-state index contributed by atoms with van der Waals surface area (Å²) >= 11 is 0. The minimum Gasteiger partial charge on any atom is -0.502 e. The van der Waals surface area contributed by atoms with E-state index < -0.39 is 12.9 Å². The van der Waals surface area contributed by atoms with E-state index in [0.717, 1.165) is 5.56 Å². The first-order chi connectivity index (χ1) is 7.00. The Morgan fingerprint density at radius 3 is 2.53 bits per heavy atom.